The molecule has 0 saturated heterocycles. The molecule has 0 atom stereocenters. The van der Waals surface area contributed by atoms with Crippen molar-refractivity contribution >= 4 is 40.8 Å². The summed E-state index contributed by atoms with van der Waals surface area (Å²) in [6.07, 6.45) is 0. The second-order valence-electron chi connectivity index (χ2n) is 4.05. The van der Waals surface area contributed by atoms with Crippen LogP contribution in [0.25, 0.3) is 0 Å². The van der Waals surface area contributed by atoms with Gasteiger partial charge in [-0.15, -0.1) is 0 Å². The molecule has 0 radical (unpaired) electrons. The molecule has 2 rings (SSSR count). The highest BCUT2D eigenvalue weighted by Crippen LogP contribution is 2.25. The highest BCUT2D eigenvalue weighted by molar-refractivity contribution is 6.33. The van der Waals surface area contributed by atoms with E-state index in [0.29, 0.717) is 22.2 Å². The molecule has 0 aliphatic carbocycles. The van der Waals surface area contributed by atoms with Crippen LogP contribution in [-0.4, -0.2) is 29.0 Å². The molecular weight excluding hydrogens is 299 g/mol. The van der Waals surface area contributed by atoms with Gasteiger partial charge in [-0.05, 0) is 29.8 Å². The quantitative estimate of drug-likeness (QED) is 0.939. The lowest BCUT2D eigenvalue weighted by atomic mass is 10.2. The molecule has 2 aromatic rings. The molecule has 0 spiro atoms. The topological polar surface area (TPSA) is 77.7 Å². The molecule has 102 valence electrons. The maximum Gasteiger partial charge on any atom is 0.233 e. The minimum absolute atomic E-state index is 0.0796. The van der Waals surface area contributed by atoms with Crippen LogP contribution in [0, 0.1) is 11.3 Å². The molecule has 1 heterocycles. The second kappa shape index (κ2) is 5.90. The molecule has 6 nitrogen and oxygen atoms in total. The van der Waals surface area contributed by atoms with E-state index >= 15 is 0 Å². The van der Waals surface area contributed by atoms with E-state index in [1.165, 1.54) is 0 Å². The van der Waals surface area contributed by atoms with E-state index in [1.807, 2.05) is 6.07 Å². The zero-order valence-electron chi connectivity index (χ0n) is 10.7. The number of nitrogens with zero attached hydrogens (tertiary/aromatic N) is 5. The number of halogens is 2. The highest BCUT2D eigenvalue weighted by Gasteiger charge is 2.09. The third-order valence-electron chi connectivity index (χ3n) is 2.34. The zero-order valence-corrected chi connectivity index (χ0v) is 12.2. The van der Waals surface area contributed by atoms with Gasteiger partial charge in [0.2, 0.25) is 17.2 Å². The summed E-state index contributed by atoms with van der Waals surface area (Å²) in [5, 5.41) is 12.2. The Balaban J connectivity index is 2.33. The van der Waals surface area contributed by atoms with Gasteiger partial charge in [-0.1, -0.05) is 11.6 Å². The number of nitrogens with one attached hydrogen (secondary N) is 1. The first-order valence-electron chi connectivity index (χ1n) is 5.55. The first-order valence-corrected chi connectivity index (χ1v) is 6.31. The molecule has 20 heavy (non-hydrogen) atoms. The minimum atomic E-state index is 0.0796. The maximum atomic E-state index is 8.79. The SMILES string of the molecule is CN(C)c1nc(Cl)nc(Nc2ccc(C#N)cc2Cl)n1. The number of aromatic nitrogens is 3. The molecule has 1 aromatic carbocycles. The lowest BCUT2D eigenvalue weighted by Gasteiger charge is -2.12. The van der Waals surface area contributed by atoms with Crippen molar-refractivity contribution in [1.82, 2.24) is 15.0 Å². The largest absolute Gasteiger partial charge is 0.347 e. The van der Waals surface area contributed by atoms with E-state index < -0.39 is 0 Å². The Kier molecular flexibility index (Phi) is 4.23. The molecule has 1 N–H and O–H groups in total. The van der Waals surface area contributed by atoms with Crippen molar-refractivity contribution in [3.63, 3.8) is 0 Å². The van der Waals surface area contributed by atoms with Gasteiger partial charge in [0.05, 0.1) is 22.3 Å². The first kappa shape index (κ1) is 14.3. The van der Waals surface area contributed by atoms with Gasteiger partial charge >= 0.3 is 0 Å². The van der Waals surface area contributed by atoms with E-state index in [9.17, 15) is 0 Å². The fourth-order valence-corrected chi connectivity index (χ4v) is 1.79. The van der Waals surface area contributed by atoms with Crippen molar-refractivity contribution < 1.29 is 0 Å². The monoisotopic (exact) mass is 308 g/mol. The van der Waals surface area contributed by atoms with Gasteiger partial charge in [-0.25, -0.2) is 0 Å². The van der Waals surface area contributed by atoms with Crippen LogP contribution in [-0.2, 0) is 0 Å². The third-order valence-corrected chi connectivity index (χ3v) is 2.82. The molecule has 0 saturated carbocycles. The number of hydrogen-bond donors (Lipinski definition) is 1. The minimum Gasteiger partial charge on any atom is -0.347 e. The van der Waals surface area contributed by atoms with Crippen molar-refractivity contribution in [3.05, 3.63) is 34.1 Å². The lowest BCUT2D eigenvalue weighted by molar-refractivity contribution is 0.961. The summed E-state index contributed by atoms with van der Waals surface area (Å²) in [7, 11) is 3.59. The average molecular weight is 309 g/mol. The van der Waals surface area contributed by atoms with Crippen LogP contribution in [0.15, 0.2) is 18.2 Å². The van der Waals surface area contributed by atoms with Gasteiger partial charge in [0.25, 0.3) is 0 Å². The summed E-state index contributed by atoms with van der Waals surface area (Å²) in [5.41, 5.74) is 1.06. The molecule has 0 fully saturated rings. The van der Waals surface area contributed by atoms with Crippen LogP contribution in [0.1, 0.15) is 5.56 Å². The van der Waals surface area contributed by atoms with Crippen LogP contribution in [0.2, 0.25) is 10.3 Å². The average Bonchev–Trinajstić information content (AvgIpc) is 2.40. The summed E-state index contributed by atoms with van der Waals surface area (Å²) in [5.74, 6) is 0.706. The number of anilines is 3. The fourth-order valence-electron chi connectivity index (χ4n) is 1.40. The summed E-state index contributed by atoms with van der Waals surface area (Å²) in [6, 6.07) is 6.88. The third kappa shape index (κ3) is 3.26. The van der Waals surface area contributed by atoms with Gasteiger partial charge in [0, 0.05) is 14.1 Å². The Labute approximate surface area is 126 Å². The van der Waals surface area contributed by atoms with Crippen LogP contribution in [0.4, 0.5) is 17.6 Å². The normalized spacial score (nSPS) is 9.95. The Morgan fingerprint density at radius 1 is 1.20 bits per heavy atom. The molecular formula is C12H10Cl2N6. The smallest absolute Gasteiger partial charge is 0.233 e. The van der Waals surface area contributed by atoms with Gasteiger partial charge in [0.1, 0.15) is 0 Å². The molecule has 8 heteroatoms. The number of nitriles is 1. The molecule has 1 aromatic heterocycles. The van der Waals surface area contributed by atoms with Gasteiger partial charge in [-0.3, -0.25) is 0 Å². The van der Waals surface area contributed by atoms with Gasteiger partial charge in [-0.2, -0.15) is 20.2 Å². The number of hydrogen-bond acceptors (Lipinski definition) is 6. The Morgan fingerprint density at radius 2 is 1.95 bits per heavy atom. The summed E-state index contributed by atoms with van der Waals surface area (Å²) in [6.45, 7) is 0. The predicted octanol–water partition coefficient (Wildman–Crippen LogP) is 2.86. The highest BCUT2D eigenvalue weighted by atomic mass is 35.5. The van der Waals surface area contributed by atoms with Crippen LogP contribution in [0.5, 0.6) is 0 Å². The summed E-state index contributed by atoms with van der Waals surface area (Å²) >= 11 is 11.9. The van der Waals surface area contributed by atoms with Gasteiger partial charge < -0.3 is 10.2 Å². The second-order valence-corrected chi connectivity index (χ2v) is 4.80. The number of rotatable bonds is 3. The van der Waals surface area contributed by atoms with E-state index in [4.69, 9.17) is 28.5 Å². The van der Waals surface area contributed by atoms with E-state index in [-0.39, 0.29) is 11.2 Å². The summed E-state index contributed by atoms with van der Waals surface area (Å²) < 4.78 is 0. The van der Waals surface area contributed by atoms with Crippen molar-refractivity contribution in [3.8, 4) is 6.07 Å². The van der Waals surface area contributed by atoms with Crippen molar-refractivity contribution in [2.45, 2.75) is 0 Å². The maximum absolute atomic E-state index is 8.79. The molecule has 0 bridgehead atoms. The Hall–Kier alpha value is -2.10. The van der Waals surface area contributed by atoms with E-state index in [1.54, 1.807) is 37.2 Å². The van der Waals surface area contributed by atoms with Crippen molar-refractivity contribution in [1.29, 1.82) is 5.26 Å². The zero-order chi connectivity index (χ0) is 14.7. The Bertz CT molecular complexity index is 680. The molecule has 0 aliphatic heterocycles. The fraction of sp³-hybridized carbons (Fsp3) is 0.167. The van der Waals surface area contributed by atoms with E-state index in [0.717, 1.165) is 0 Å². The summed E-state index contributed by atoms with van der Waals surface area (Å²) in [4.78, 5) is 13.9. The first-order chi connectivity index (χ1) is 9.49. The van der Waals surface area contributed by atoms with Crippen LogP contribution < -0.4 is 10.2 Å². The van der Waals surface area contributed by atoms with Crippen molar-refractivity contribution in [2.24, 2.45) is 0 Å². The molecule has 0 amide bonds. The van der Waals surface area contributed by atoms with Gasteiger partial charge in [0.15, 0.2) is 0 Å². The van der Waals surface area contributed by atoms with Crippen LogP contribution >= 0.6 is 23.2 Å². The van der Waals surface area contributed by atoms with Crippen molar-refractivity contribution in [2.75, 3.05) is 24.3 Å². The standard InChI is InChI=1S/C12H10Cl2N6/c1-20(2)12-18-10(14)17-11(19-12)16-9-4-3-7(6-15)5-8(9)13/h3-5H,1-2H3,(H,16,17,18,19). The molecule has 0 unspecified atom stereocenters. The van der Waals surface area contributed by atoms with E-state index in [2.05, 4.69) is 20.3 Å². The molecule has 0 aliphatic rings. The Morgan fingerprint density at radius 3 is 2.55 bits per heavy atom. The predicted molar refractivity (Wildman–Crippen MR) is 78.6 cm³/mol. The van der Waals surface area contributed by atoms with Crippen LogP contribution in [0.3, 0.4) is 0 Å². The number of benzene rings is 1. The lowest BCUT2D eigenvalue weighted by Crippen LogP contribution is -2.14.